The topological polar surface area (TPSA) is 69.0 Å². The summed E-state index contributed by atoms with van der Waals surface area (Å²) in [5, 5.41) is 11.8. The highest BCUT2D eigenvalue weighted by atomic mass is 16.1. The van der Waals surface area contributed by atoms with Crippen molar-refractivity contribution in [2.24, 2.45) is 0 Å². The fourth-order valence-electron chi connectivity index (χ4n) is 2.11. The number of nitrogens with zero attached hydrogens (tertiary/aromatic N) is 3. The smallest absolute Gasteiger partial charge is 0.261 e. The zero-order valence-electron chi connectivity index (χ0n) is 13.9. The quantitative estimate of drug-likeness (QED) is 0.655. The van der Waals surface area contributed by atoms with Gasteiger partial charge in [-0.25, -0.2) is 4.98 Å². The molecule has 1 heterocycles. The molecule has 1 amide bonds. The molecule has 0 unspecified atom stereocenters. The summed E-state index contributed by atoms with van der Waals surface area (Å²) in [4.78, 5) is 18.2. The molecule has 0 aliphatic carbocycles. The second kappa shape index (κ2) is 8.49. The average Bonchev–Trinajstić information content (AvgIpc) is 2.64. The molecular formula is C19H20N4O. The van der Waals surface area contributed by atoms with Gasteiger partial charge in [0.2, 0.25) is 0 Å². The van der Waals surface area contributed by atoms with Crippen molar-refractivity contribution in [3.63, 3.8) is 0 Å². The molecule has 0 bridgehead atoms. The number of pyridine rings is 1. The Morgan fingerprint density at radius 3 is 2.62 bits per heavy atom. The molecule has 1 aromatic carbocycles. The van der Waals surface area contributed by atoms with Gasteiger partial charge in [-0.1, -0.05) is 25.1 Å². The first kappa shape index (κ1) is 17.2. The third-order valence-corrected chi connectivity index (χ3v) is 3.47. The van der Waals surface area contributed by atoms with Crippen molar-refractivity contribution in [1.29, 1.82) is 5.26 Å². The first-order chi connectivity index (χ1) is 11.7. The van der Waals surface area contributed by atoms with Crippen LogP contribution in [0.1, 0.15) is 18.9 Å². The number of amides is 1. The molecule has 0 saturated heterocycles. The van der Waals surface area contributed by atoms with Gasteiger partial charge in [-0.15, -0.1) is 0 Å². The summed E-state index contributed by atoms with van der Waals surface area (Å²) in [6.45, 7) is 2.51. The fraction of sp³-hybridized carbons (Fsp3) is 0.211. The number of aromatic nitrogens is 1. The van der Waals surface area contributed by atoms with E-state index in [1.54, 1.807) is 12.3 Å². The summed E-state index contributed by atoms with van der Waals surface area (Å²) in [6.07, 6.45) is 4.02. The number of anilines is 2. The Balaban J connectivity index is 2.15. The Bertz CT molecular complexity index is 745. The van der Waals surface area contributed by atoms with Crippen molar-refractivity contribution >= 4 is 23.5 Å². The molecule has 0 aliphatic heterocycles. The summed E-state index contributed by atoms with van der Waals surface area (Å²) in [7, 11) is 1.94. The highest BCUT2D eigenvalue weighted by Gasteiger charge is 2.09. The number of nitrogens with one attached hydrogen (secondary N) is 1. The van der Waals surface area contributed by atoms with Gasteiger partial charge in [-0.05, 0) is 42.3 Å². The minimum Gasteiger partial charge on any atom is -0.351 e. The van der Waals surface area contributed by atoms with Gasteiger partial charge in [0.1, 0.15) is 17.5 Å². The van der Waals surface area contributed by atoms with Gasteiger partial charge in [0, 0.05) is 25.5 Å². The number of carbonyl (C=O) groups is 1. The first-order valence-electron chi connectivity index (χ1n) is 7.80. The molecule has 0 saturated carbocycles. The number of hydrogen-bond donors (Lipinski definition) is 1. The minimum atomic E-state index is -0.357. The van der Waals surface area contributed by atoms with E-state index in [4.69, 9.17) is 5.26 Å². The van der Waals surface area contributed by atoms with Crippen molar-refractivity contribution in [2.45, 2.75) is 13.3 Å². The largest absolute Gasteiger partial charge is 0.351 e. The van der Waals surface area contributed by atoms with Crippen molar-refractivity contribution in [1.82, 2.24) is 10.3 Å². The van der Waals surface area contributed by atoms with E-state index in [-0.39, 0.29) is 11.5 Å². The molecule has 1 aromatic heterocycles. The molecule has 0 atom stereocenters. The molecule has 5 nitrogen and oxygen atoms in total. The Kier molecular flexibility index (Phi) is 6.09. The van der Waals surface area contributed by atoms with Crippen LogP contribution in [0.2, 0.25) is 0 Å². The second-order valence-electron chi connectivity index (χ2n) is 5.27. The predicted molar refractivity (Wildman–Crippen MR) is 95.6 cm³/mol. The summed E-state index contributed by atoms with van der Waals surface area (Å²) in [5.74, 6) is 0.428. The number of nitriles is 1. The second-order valence-corrected chi connectivity index (χ2v) is 5.27. The molecule has 0 aliphatic rings. The molecule has 0 fully saturated rings. The van der Waals surface area contributed by atoms with Gasteiger partial charge in [0.15, 0.2) is 0 Å². The third-order valence-electron chi connectivity index (χ3n) is 3.47. The molecule has 2 aromatic rings. The van der Waals surface area contributed by atoms with Crippen LogP contribution in [0.15, 0.2) is 54.2 Å². The van der Waals surface area contributed by atoms with Crippen LogP contribution in [-0.4, -0.2) is 24.5 Å². The molecule has 122 valence electrons. The average molecular weight is 320 g/mol. The monoisotopic (exact) mass is 320 g/mol. The van der Waals surface area contributed by atoms with Crippen LogP contribution in [0.3, 0.4) is 0 Å². The zero-order chi connectivity index (χ0) is 17.4. The minimum absolute atomic E-state index is 0.0782. The summed E-state index contributed by atoms with van der Waals surface area (Å²) in [6, 6.07) is 15.5. The number of para-hydroxylation sites is 1. The third kappa shape index (κ3) is 4.43. The lowest BCUT2D eigenvalue weighted by atomic mass is 10.1. The number of rotatable bonds is 6. The lowest BCUT2D eigenvalue weighted by Crippen LogP contribution is -2.25. The summed E-state index contributed by atoms with van der Waals surface area (Å²) < 4.78 is 0. The maximum Gasteiger partial charge on any atom is 0.261 e. The van der Waals surface area contributed by atoms with E-state index in [2.05, 4.69) is 10.3 Å². The van der Waals surface area contributed by atoms with Crippen LogP contribution in [0.25, 0.3) is 6.08 Å². The molecule has 2 rings (SSSR count). The highest BCUT2D eigenvalue weighted by Crippen LogP contribution is 2.21. The van der Waals surface area contributed by atoms with E-state index >= 15 is 0 Å². The van der Waals surface area contributed by atoms with Crippen molar-refractivity contribution in [3.8, 4) is 6.07 Å². The molecule has 0 radical (unpaired) electrons. The maximum atomic E-state index is 11.9. The van der Waals surface area contributed by atoms with Gasteiger partial charge < -0.3 is 10.2 Å². The molecule has 5 heteroatoms. The molecule has 24 heavy (non-hydrogen) atoms. The molecule has 0 spiro atoms. The van der Waals surface area contributed by atoms with E-state index in [1.165, 1.54) is 0 Å². The van der Waals surface area contributed by atoms with Gasteiger partial charge in [-0.3, -0.25) is 4.79 Å². The van der Waals surface area contributed by atoms with Gasteiger partial charge in [0.05, 0.1) is 0 Å². The van der Waals surface area contributed by atoms with Gasteiger partial charge in [-0.2, -0.15) is 5.26 Å². The standard InChI is InChI=1S/C19H20N4O/c1-3-11-21-19(24)16(13-20)12-15-9-10-18(22-14-15)23(2)17-7-5-4-6-8-17/h4-10,12,14H,3,11H2,1-2H3,(H,21,24)/b16-12-. The van der Waals surface area contributed by atoms with E-state index in [1.807, 2.05) is 67.4 Å². The van der Waals surface area contributed by atoms with Gasteiger partial charge in [0.25, 0.3) is 5.91 Å². The van der Waals surface area contributed by atoms with Crippen LogP contribution in [0, 0.1) is 11.3 Å². The molecule has 1 N–H and O–H groups in total. The van der Waals surface area contributed by atoms with E-state index in [0.29, 0.717) is 12.1 Å². The Labute approximate surface area is 142 Å². The number of carbonyl (C=O) groups excluding carboxylic acids is 1. The number of benzene rings is 1. The maximum absolute atomic E-state index is 11.9. The summed E-state index contributed by atoms with van der Waals surface area (Å²) in [5.41, 5.74) is 1.82. The van der Waals surface area contributed by atoms with Crippen molar-refractivity contribution in [3.05, 3.63) is 59.8 Å². The van der Waals surface area contributed by atoms with Crippen molar-refractivity contribution in [2.75, 3.05) is 18.5 Å². The van der Waals surface area contributed by atoms with E-state index in [0.717, 1.165) is 17.9 Å². The van der Waals surface area contributed by atoms with Crippen LogP contribution < -0.4 is 10.2 Å². The fourth-order valence-corrected chi connectivity index (χ4v) is 2.11. The Morgan fingerprint density at radius 2 is 2.04 bits per heavy atom. The van der Waals surface area contributed by atoms with E-state index < -0.39 is 0 Å². The number of hydrogen-bond acceptors (Lipinski definition) is 4. The SMILES string of the molecule is CCCNC(=O)/C(C#N)=C\c1ccc(N(C)c2ccccc2)nc1. The van der Waals surface area contributed by atoms with Crippen LogP contribution >= 0.6 is 0 Å². The van der Waals surface area contributed by atoms with Crippen LogP contribution in [0.4, 0.5) is 11.5 Å². The molecular weight excluding hydrogens is 300 g/mol. The Hall–Kier alpha value is -3.13. The van der Waals surface area contributed by atoms with Crippen LogP contribution in [0.5, 0.6) is 0 Å². The lowest BCUT2D eigenvalue weighted by Gasteiger charge is -2.18. The lowest BCUT2D eigenvalue weighted by molar-refractivity contribution is -0.117. The Morgan fingerprint density at radius 1 is 1.29 bits per heavy atom. The predicted octanol–water partition coefficient (Wildman–Crippen LogP) is 3.28. The highest BCUT2D eigenvalue weighted by molar-refractivity contribution is 6.01. The zero-order valence-corrected chi connectivity index (χ0v) is 13.9. The normalized spacial score (nSPS) is 10.8. The van der Waals surface area contributed by atoms with Crippen molar-refractivity contribution < 1.29 is 4.79 Å². The van der Waals surface area contributed by atoms with E-state index in [9.17, 15) is 4.79 Å². The van der Waals surface area contributed by atoms with Crippen LogP contribution in [-0.2, 0) is 4.79 Å². The summed E-state index contributed by atoms with van der Waals surface area (Å²) >= 11 is 0. The van der Waals surface area contributed by atoms with Gasteiger partial charge >= 0.3 is 0 Å². The first-order valence-corrected chi connectivity index (χ1v) is 7.80.